The maximum Gasteiger partial charge on any atom is 0.245 e. The van der Waals surface area contributed by atoms with Gasteiger partial charge >= 0.3 is 0 Å². The highest BCUT2D eigenvalue weighted by Gasteiger charge is 2.33. The number of hydrogen-bond donors (Lipinski definition) is 2. The summed E-state index contributed by atoms with van der Waals surface area (Å²) in [5.74, 6) is -0.950. The zero-order valence-corrected chi connectivity index (χ0v) is 23.7. The largest absolute Gasteiger partial charge is 0.492 e. The standard InChI is InChI=1S/C24H25ClN10O4S/c1-12-6-7-17-16(8-12)18(32-34(17)4)21-30-31-24(35(21)19-22(36)28-11-29-23(19)39-5)33-40(37,38)14(3)13(2)20-26-9-15(25)10-27-20/h6-11,13-14H,1-5H3,(H,31,33)(H,28,29,36)/t13-,14-/m0/s1. The highest BCUT2D eigenvalue weighted by atomic mass is 35.5. The molecule has 0 saturated carbocycles. The Morgan fingerprint density at radius 1 is 1.10 bits per heavy atom. The monoisotopic (exact) mass is 584 g/mol. The Labute approximate surface area is 234 Å². The molecule has 4 aromatic heterocycles. The molecule has 14 nitrogen and oxygen atoms in total. The summed E-state index contributed by atoms with van der Waals surface area (Å²) in [4.78, 5) is 16.3. The molecular formula is C24H25ClN10O4S. The van der Waals surface area contributed by atoms with Crippen molar-refractivity contribution in [3.05, 3.63) is 53.3 Å². The molecule has 16 heteroatoms. The van der Waals surface area contributed by atoms with E-state index in [9.17, 15) is 13.5 Å². The van der Waals surface area contributed by atoms with Crippen molar-refractivity contribution in [1.82, 2.24) is 44.5 Å². The molecule has 0 spiro atoms. The van der Waals surface area contributed by atoms with Crippen molar-refractivity contribution in [2.45, 2.75) is 31.9 Å². The highest BCUT2D eigenvalue weighted by molar-refractivity contribution is 7.93. The van der Waals surface area contributed by atoms with Gasteiger partial charge in [-0.15, -0.1) is 10.2 Å². The number of aryl methyl sites for hydroxylation is 2. The fraction of sp³-hybridized carbons (Fsp3) is 0.292. The summed E-state index contributed by atoms with van der Waals surface area (Å²) in [7, 11) is -0.991. The second kappa shape index (κ2) is 10.3. The van der Waals surface area contributed by atoms with Crippen LogP contribution < -0.4 is 9.46 Å². The molecule has 0 fully saturated rings. The summed E-state index contributed by atoms with van der Waals surface area (Å²) in [5, 5.41) is 23.9. The fourth-order valence-corrected chi connectivity index (χ4v) is 5.54. The average Bonchev–Trinajstić information content (AvgIpc) is 3.47. The van der Waals surface area contributed by atoms with E-state index < -0.39 is 27.1 Å². The van der Waals surface area contributed by atoms with Crippen LogP contribution in [0.1, 0.15) is 31.2 Å². The van der Waals surface area contributed by atoms with Crippen LogP contribution in [0.5, 0.6) is 11.8 Å². The van der Waals surface area contributed by atoms with E-state index in [1.807, 2.05) is 25.1 Å². The molecule has 5 aromatic rings. The number of nitrogens with one attached hydrogen (secondary N) is 1. The molecule has 5 rings (SSSR count). The van der Waals surface area contributed by atoms with E-state index in [0.717, 1.165) is 22.8 Å². The lowest BCUT2D eigenvalue weighted by atomic mass is 10.1. The number of fused-ring (bicyclic) bond motifs is 1. The predicted molar refractivity (Wildman–Crippen MR) is 147 cm³/mol. The third kappa shape index (κ3) is 4.77. The van der Waals surface area contributed by atoms with E-state index in [1.54, 1.807) is 18.7 Å². The number of aromatic hydroxyl groups is 1. The predicted octanol–water partition coefficient (Wildman–Crippen LogP) is 3.01. The Kier molecular flexibility index (Phi) is 7.01. The van der Waals surface area contributed by atoms with Gasteiger partial charge in [0, 0.05) is 30.7 Å². The normalized spacial score (nSPS) is 13.3. The first-order chi connectivity index (χ1) is 19.0. The van der Waals surface area contributed by atoms with E-state index in [4.69, 9.17) is 16.3 Å². The van der Waals surface area contributed by atoms with Gasteiger partial charge in [0.15, 0.2) is 11.5 Å². The smallest absolute Gasteiger partial charge is 0.245 e. The zero-order valence-electron chi connectivity index (χ0n) is 22.1. The highest BCUT2D eigenvalue weighted by Crippen LogP contribution is 2.37. The third-order valence-corrected chi connectivity index (χ3v) is 8.59. The lowest BCUT2D eigenvalue weighted by Crippen LogP contribution is -2.31. The van der Waals surface area contributed by atoms with Gasteiger partial charge in [0.2, 0.25) is 27.7 Å². The molecule has 40 heavy (non-hydrogen) atoms. The Morgan fingerprint density at radius 3 is 2.52 bits per heavy atom. The van der Waals surface area contributed by atoms with Gasteiger partial charge in [0.1, 0.15) is 17.8 Å². The van der Waals surface area contributed by atoms with E-state index in [0.29, 0.717) is 16.5 Å². The van der Waals surface area contributed by atoms with Crippen molar-refractivity contribution in [1.29, 1.82) is 0 Å². The van der Waals surface area contributed by atoms with Crippen LogP contribution >= 0.6 is 11.6 Å². The number of ether oxygens (including phenoxy) is 1. The molecule has 0 unspecified atom stereocenters. The minimum atomic E-state index is -4.12. The van der Waals surface area contributed by atoms with Crippen molar-refractivity contribution in [2.24, 2.45) is 7.05 Å². The third-order valence-electron chi connectivity index (χ3n) is 6.54. The van der Waals surface area contributed by atoms with E-state index in [1.165, 1.54) is 31.0 Å². The molecule has 1 aromatic carbocycles. The van der Waals surface area contributed by atoms with Crippen LogP contribution in [0.2, 0.25) is 5.02 Å². The molecule has 0 saturated heterocycles. The molecule has 2 atom stereocenters. The van der Waals surface area contributed by atoms with Gasteiger partial charge in [-0.3, -0.25) is 9.40 Å². The number of benzene rings is 1. The SMILES string of the molecule is COc1ncnc(O)c1-n1c(NS(=O)(=O)[C@@H](C)[C@H](C)c2ncc(Cl)cn2)nnc1-c1nn(C)c2ccc(C)cc12. The van der Waals surface area contributed by atoms with E-state index in [-0.39, 0.29) is 23.3 Å². The summed E-state index contributed by atoms with van der Waals surface area (Å²) in [5.41, 5.74) is 2.10. The summed E-state index contributed by atoms with van der Waals surface area (Å²) in [6.45, 7) is 5.14. The van der Waals surface area contributed by atoms with Gasteiger partial charge in [0.05, 0.1) is 22.9 Å². The van der Waals surface area contributed by atoms with Crippen molar-refractivity contribution in [3.8, 4) is 29.0 Å². The Bertz CT molecular complexity index is 1820. The van der Waals surface area contributed by atoms with Gasteiger partial charge in [-0.25, -0.2) is 23.0 Å². The molecule has 0 amide bonds. The molecule has 0 aliphatic rings. The first-order valence-electron chi connectivity index (χ1n) is 12.0. The van der Waals surface area contributed by atoms with Gasteiger partial charge < -0.3 is 9.84 Å². The molecule has 4 heterocycles. The molecule has 0 aliphatic heterocycles. The van der Waals surface area contributed by atoms with Crippen LogP contribution in [0.15, 0.2) is 36.9 Å². The molecular weight excluding hydrogens is 560 g/mol. The van der Waals surface area contributed by atoms with Crippen LogP contribution in [-0.4, -0.2) is 70.4 Å². The van der Waals surface area contributed by atoms with E-state index in [2.05, 4.69) is 40.0 Å². The maximum absolute atomic E-state index is 13.6. The van der Waals surface area contributed by atoms with Crippen LogP contribution in [0.4, 0.5) is 5.95 Å². The number of anilines is 1. The second-order valence-corrected chi connectivity index (χ2v) is 11.6. The second-order valence-electron chi connectivity index (χ2n) is 9.13. The van der Waals surface area contributed by atoms with Gasteiger partial charge in [-0.2, -0.15) is 15.1 Å². The minimum absolute atomic E-state index is 0.0404. The fourth-order valence-electron chi connectivity index (χ4n) is 4.22. The van der Waals surface area contributed by atoms with Crippen LogP contribution in [0.3, 0.4) is 0 Å². The molecule has 0 aliphatic carbocycles. The van der Waals surface area contributed by atoms with Crippen LogP contribution in [0.25, 0.3) is 28.1 Å². The lowest BCUT2D eigenvalue weighted by Gasteiger charge is -2.20. The first-order valence-corrected chi connectivity index (χ1v) is 13.9. The van der Waals surface area contributed by atoms with Crippen molar-refractivity contribution < 1.29 is 18.3 Å². The topological polar surface area (TPSA) is 176 Å². The Balaban J connectivity index is 1.67. The quantitative estimate of drug-likeness (QED) is 0.274. The van der Waals surface area contributed by atoms with Crippen molar-refractivity contribution in [2.75, 3.05) is 11.8 Å². The number of sulfonamides is 1. The Morgan fingerprint density at radius 2 is 1.82 bits per heavy atom. The summed E-state index contributed by atoms with van der Waals surface area (Å²) >= 11 is 5.88. The maximum atomic E-state index is 13.6. The molecule has 208 valence electrons. The van der Waals surface area contributed by atoms with Gasteiger partial charge in [0.25, 0.3) is 0 Å². The van der Waals surface area contributed by atoms with Gasteiger partial charge in [-0.1, -0.05) is 30.2 Å². The number of hydrogen-bond acceptors (Lipinski definition) is 11. The average molecular weight is 585 g/mol. The van der Waals surface area contributed by atoms with E-state index >= 15 is 0 Å². The number of rotatable bonds is 8. The van der Waals surface area contributed by atoms with Crippen molar-refractivity contribution in [3.63, 3.8) is 0 Å². The zero-order chi connectivity index (χ0) is 28.8. The summed E-state index contributed by atoms with van der Waals surface area (Å²) < 4.78 is 38.0. The van der Waals surface area contributed by atoms with Crippen LogP contribution in [-0.2, 0) is 17.1 Å². The summed E-state index contributed by atoms with van der Waals surface area (Å²) in [6.07, 6.45) is 3.92. The Hall–Kier alpha value is -4.37. The lowest BCUT2D eigenvalue weighted by molar-refractivity contribution is 0.383. The number of nitrogens with zero attached hydrogens (tertiary/aromatic N) is 9. The number of halogens is 1. The molecule has 2 N–H and O–H groups in total. The van der Waals surface area contributed by atoms with Gasteiger partial charge in [-0.05, 0) is 26.0 Å². The first kappa shape index (κ1) is 27.2. The number of aromatic nitrogens is 9. The molecule has 0 radical (unpaired) electrons. The van der Waals surface area contributed by atoms with Crippen LogP contribution in [0, 0.1) is 6.92 Å². The summed E-state index contributed by atoms with van der Waals surface area (Å²) in [6, 6.07) is 5.79. The number of methoxy groups -OCH3 is 1. The molecule has 0 bridgehead atoms. The minimum Gasteiger partial charge on any atom is -0.492 e. The van der Waals surface area contributed by atoms with Crippen molar-refractivity contribution >= 4 is 38.5 Å².